The van der Waals surface area contributed by atoms with Crippen molar-refractivity contribution in [1.29, 1.82) is 0 Å². The normalized spacial score (nSPS) is 11.7. The summed E-state index contributed by atoms with van der Waals surface area (Å²) in [7, 11) is 0. The molecule has 0 aliphatic carbocycles. The Labute approximate surface area is 349 Å². The highest BCUT2D eigenvalue weighted by atomic mass is 14.2. The molecule has 0 saturated carbocycles. The van der Waals surface area contributed by atoms with E-state index < -0.39 is 0 Å². The standard InChI is InChI=1S/C60H38/c1-2-18-42-37-45(34-33-39(42)15-1)59-55-27-9-7-25-53(55)58(54-26-8-10-28-56(54)59)44-22-11-21-43(38-44)48-35-36-57(50-30-13-20-41-17-4-6-24-47(41)50)60-51(48)31-14-32-52(60)49-29-12-19-40-16-3-5-23-46(40)49/h1-38H. The van der Waals surface area contributed by atoms with Gasteiger partial charge in [0.05, 0.1) is 0 Å². The number of benzene rings is 12. The molecule has 0 N–H and O–H groups in total. The van der Waals surface area contributed by atoms with E-state index in [-0.39, 0.29) is 0 Å². The van der Waals surface area contributed by atoms with E-state index in [4.69, 9.17) is 0 Å². The van der Waals surface area contributed by atoms with Gasteiger partial charge in [0.1, 0.15) is 0 Å². The Kier molecular flexibility index (Phi) is 7.96. The van der Waals surface area contributed by atoms with Crippen molar-refractivity contribution >= 4 is 64.6 Å². The Hall–Kier alpha value is -7.80. The van der Waals surface area contributed by atoms with Gasteiger partial charge in [-0.25, -0.2) is 0 Å². The molecule has 0 radical (unpaired) electrons. The summed E-state index contributed by atoms with van der Waals surface area (Å²) in [5, 5.41) is 15.1. The first-order valence-corrected chi connectivity index (χ1v) is 20.8. The summed E-state index contributed by atoms with van der Waals surface area (Å²) in [6.45, 7) is 0. The minimum absolute atomic E-state index is 1.20. The van der Waals surface area contributed by atoms with Crippen molar-refractivity contribution in [1.82, 2.24) is 0 Å². The van der Waals surface area contributed by atoms with E-state index in [9.17, 15) is 0 Å². The zero-order valence-electron chi connectivity index (χ0n) is 32.9. The Morgan fingerprint density at radius 2 is 0.583 bits per heavy atom. The van der Waals surface area contributed by atoms with Gasteiger partial charge in [-0.1, -0.05) is 218 Å². The summed E-state index contributed by atoms with van der Waals surface area (Å²) in [6.07, 6.45) is 0. The third-order valence-electron chi connectivity index (χ3n) is 12.6. The Morgan fingerprint density at radius 1 is 0.183 bits per heavy atom. The molecule has 278 valence electrons. The van der Waals surface area contributed by atoms with Gasteiger partial charge >= 0.3 is 0 Å². The first-order chi connectivity index (χ1) is 29.8. The molecule has 60 heavy (non-hydrogen) atoms. The maximum atomic E-state index is 2.42. The number of hydrogen-bond acceptors (Lipinski definition) is 0. The van der Waals surface area contributed by atoms with Gasteiger partial charge in [0.2, 0.25) is 0 Å². The summed E-state index contributed by atoms with van der Waals surface area (Å²) < 4.78 is 0. The Morgan fingerprint density at radius 3 is 1.20 bits per heavy atom. The summed E-state index contributed by atoms with van der Waals surface area (Å²) >= 11 is 0. The van der Waals surface area contributed by atoms with Gasteiger partial charge in [-0.3, -0.25) is 0 Å². The third-order valence-corrected chi connectivity index (χ3v) is 12.6. The lowest BCUT2D eigenvalue weighted by molar-refractivity contribution is 1.62. The predicted octanol–water partition coefficient (Wildman–Crippen LogP) is 16.9. The largest absolute Gasteiger partial charge is 0.0616 e. The third kappa shape index (κ3) is 5.46. The molecule has 0 bridgehead atoms. The van der Waals surface area contributed by atoms with Gasteiger partial charge in [-0.05, 0) is 132 Å². The SMILES string of the molecule is c1cc(-c2c3ccccc3c(-c3ccc4ccccc4c3)c3ccccc23)cc(-c2ccc(-c3cccc4ccccc34)c3c(-c4cccc5ccccc45)cccc23)c1. The predicted molar refractivity (Wildman–Crippen MR) is 259 cm³/mol. The van der Waals surface area contributed by atoms with Gasteiger partial charge in [-0.2, -0.15) is 0 Å². The molecule has 0 amide bonds. The highest BCUT2D eigenvalue weighted by molar-refractivity contribution is 6.22. The minimum Gasteiger partial charge on any atom is -0.0616 e. The van der Waals surface area contributed by atoms with Crippen LogP contribution >= 0.6 is 0 Å². The lowest BCUT2D eigenvalue weighted by Gasteiger charge is -2.20. The van der Waals surface area contributed by atoms with Crippen molar-refractivity contribution in [3.05, 3.63) is 231 Å². The van der Waals surface area contributed by atoms with Gasteiger partial charge in [-0.15, -0.1) is 0 Å². The Balaban J connectivity index is 1.11. The molecule has 12 aromatic rings. The average molecular weight is 759 g/mol. The van der Waals surface area contributed by atoms with E-state index in [1.165, 1.54) is 120 Å². The van der Waals surface area contributed by atoms with Crippen LogP contribution in [-0.2, 0) is 0 Å². The van der Waals surface area contributed by atoms with Crippen LogP contribution in [-0.4, -0.2) is 0 Å². The molecule has 0 fully saturated rings. The van der Waals surface area contributed by atoms with Crippen LogP contribution in [0.25, 0.3) is 120 Å². The highest BCUT2D eigenvalue weighted by Gasteiger charge is 2.20. The van der Waals surface area contributed by atoms with Crippen molar-refractivity contribution in [3.63, 3.8) is 0 Å². The van der Waals surface area contributed by atoms with Crippen LogP contribution in [0.15, 0.2) is 231 Å². The van der Waals surface area contributed by atoms with Crippen molar-refractivity contribution in [2.45, 2.75) is 0 Å². The number of hydrogen-bond donors (Lipinski definition) is 0. The van der Waals surface area contributed by atoms with E-state index in [2.05, 4.69) is 231 Å². The monoisotopic (exact) mass is 758 g/mol. The van der Waals surface area contributed by atoms with Gasteiger partial charge in [0.25, 0.3) is 0 Å². The first kappa shape index (κ1) is 34.3. The minimum atomic E-state index is 1.20. The summed E-state index contributed by atoms with van der Waals surface area (Å²) in [5.74, 6) is 0. The van der Waals surface area contributed by atoms with Gasteiger partial charge in [0, 0.05) is 0 Å². The molecule has 12 aromatic carbocycles. The number of rotatable bonds is 5. The summed E-state index contributed by atoms with van der Waals surface area (Å²) in [4.78, 5) is 0. The smallest absolute Gasteiger partial charge is 0.00201 e. The molecule has 0 saturated heterocycles. The average Bonchev–Trinajstić information content (AvgIpc) is 3.32. The van der Waals surface area contributed by atoms with Crippen LogP contribution < -0.4 is 0 Å². The quantitative estimate of drug-likeness (QED) is 0.153. The van der Waals surface area contributed by atoms with E-state index in [1.54, 1.807) is 0 Å². The van der Waals surface area contributed by atoms with Crippen molar-refractivity contribution < 1.29 is 0 Å². The van der Waals surface area contributed by atoms with Crippen LogP contribution in [0.1, 0.15) is 0 Å². The highest BCUT2D eigenvalue weighted by Crippen LogP contribution is 2.47. The topological polar surface area (TPSA) is 0 Å². The van der Waals surface area contributed by atoms with Crippen LogP contribution in [0.4, 0.5) is 0 Å². The molecule has 0 spiro atoms. The van der Waals surface area contributed by atoms with E-state index >= 15 is 0 Å². The molecule has 0 aliphatic heterocycles. The second-order valence-corrected chi connectivity index (χ2v) is 15.9. The van der Waals surface area contributed by atoms with Crippen LogP contribution in [0, 0.1) is 0 Å². The molecule has 0 heteroatoms. The fourth-order valence-electron chi connectivity index (χ4n) is 9.97. The van der Waals surface area contributed by atoms with E-state index in [0.29, 0.717) is 0 Å². The summed E-state index contributed by atoms with van der Waals surface area (Å²) in [6, 6.07) is 85.2. The molecule has 0 unspecified atom stereocenters. The maximum Gasteiger partial charge on any atom is -0.00201 e. The van der Waals surface area contributed by atoms with Crippen LogP contribution in [0.2, 0.25) is 0 Å². The van der Waals surface area contributed by atoms with Crippen LogP contribution in [0.3, 0.4) is 0 Å². The molecule has 0 aromatic heterocycles. The van der Waals surface area contributed by atoms with Crippen molar-refractivity contribution in [2.24, 2.45) is 0 Å². The molecular weight excluding hydrogens is 721 g/mol. The molecule has 0 heterocycles. The fraction of sp³-hybridized carbons (Fsp3) is 0. The lowest BCUT2D eigenvalue weighted by atomic mass is 9.83. The molecule has 0 nitrogen and oxygen atoms in total. The summed E-state index contributed by atoms with van der Waals surface area (Å²) in [5.41, 5.74) is 12.4. The van der Waals surface area contributed by atoms with Crippen molar-refractivity contribution in [3.8, 4) is 55.6 Å². The molecular formula is C60H38. The molecule has 0 aliphatic rings. The zero-order valence-corrected chi connectivity index (χ0v) is 32.9. The van der Waals surface area contributed by atoms with Crippen LogP contribution in [0.5, 0.6) is 0 Å². The second-order valence-electron chi connectivity index (χ2n) is 15.9. The van der Waals surface area contributed by atoms with Gasteiger partial charge in [0.15, 0.2) is 0 Å². The molecule has 0 atom stereocenters. The second kappa shape index (κ2) is 13.9. The van der Waals surface area contributed by atoms with Gasteiger partial charge < -0.3 is 0 Å². The van der Waals surface area contributed by atoms with Crippen molar-refractivity contribution in [2.75, 3.05) is 0 Å². The fourth-order valence-corrected chi connectivity index (χ4v) is 9.97. The number of fused-ring (bicyclic) bond motifs is 6. The molecule has 12 rings (SSSR count). The maximum absolute atomic E-state index is 2.42. The Bertz CT molecular complexity index is 3510. The first-order valence-electron chi connectivity index (χ1n) is 20.8. The zero-order chi connectivity index (χ0) is 39.6. The lowest BCUT2D eigenvalue weighted by Crippen LogP contribution is -1.93. The van der Waals surface area contributed by atoms with E-state index in [1.807, 2.05) is 0 Å². The van der Waals surface area contributed by atoms with E-state index in [0.717, 1.165) is 0 Å².